The average molecular weight is 420 g/mol. The molecule has 1 saturated heterocycles. The van der Waals surface area contributed by atoms with Gasteiger partial charge in [0.25, 0.3) is 17.7 Å². The Labute approximate surface area is 180 Å². The second-order valence-corrected chi connectivity index (χ2v) is 8.02. The summed E-state index contributed by atoms with van der Waals surface area (Å²) in [6, 6.07) is 14.5. The molecule has 0 bridgehead atoms. The van der Waals surface area contributed by atoms with Crippen molar-refractivity contribution >= 4 is 23.7 Å². The van der Waals surface area contributed by atoms with Gasteiger partial charge in [-0.1, -0.05) is 30.3 Å². The van der Waals surface area contributed by atoms with E-state index < -0.39 is 17.8 Å². The Morgan fingerprint density at radius 1 is 0.968 bits per heavy atom. The first-order chi connectivity index (χ1) is 14.9. The van der Waals surface area contributed by atoms with E-state index >= 15 is 0 Å². The summed E-state index contributed by atoms with van der Waals surface area (Å²) in [5, 5.41) is 0. The van der Waals surface area contributed by atoms with Gasteiger partial charge >= 0.3 is 5.97 Å². The third kappa shape index (κ3) is 4.35. The third-order valence-corrected chi connectivity index (χ3v) is 5.99. The molecule has 2 aliphatic rings. The molecule has 4 rings (SSSR count). The standard InChI is InChI=1S/C24H24N2O5/c1-25-22(28)19-8-7-18(14-20(19)23(25)29)24(30)31-15-21(27)26-11-9-17(10-12-26)13-16-5-3-2-4-6-16/h2-8,14,17H,9-13,15H2,1H3. The molecular weight excluding hydrogens is 396 g/mol. The number of benzene rings is 2. The first-order valence-corrected chi connectivity index (χ1v) is 10.4. The lowest BCUT2D eigenvalue weighted by molar-refractivity contribution is -0.135. The third-order valence-electron chi connectivity index (χ3n) is 5.99. The van der Waals surface area contributed by atoms with E-state index in [0.717, 1.165) is 24.2 Å². The van der Waals surface area contributed by atoms with Gasteiger partial charge in [0.05, 0.1) is 16.7 Å². The van der Waals surface area contributed by atoms with Crippen molar-refractivity contribution in [1.82, 2.24) is 9.80 Å². The molecule has 31 heavy (non-hydrogen) atoms. The minimum absolute atomic E-state index is 0.143. The second kappa shape index (κ2) is 8.71. The van der Waals surface area contributed by atoms with Gasteiger partial charge in [0.2, 0.25) is 0 Å². The molecule has 2 aliphatic heterocycles. The van der Waals surface area contributed by atoms with Gasteiger partial charge < -0.3 is 9.64 Å². The Balaban J connectivity index is 1.27. The van der Waals surface area contributed by atoms with Crippen molar-refractivity contribution in [1.29, 1.82) is 0 Å². The zero-order valence-electron chi connectivity index (χ0n) is 17.4. The molecule has 0 atom stereocenters. The van der Waals surface area contributed by atoms with E-state index in [1.54, 1.807) is 4.90 Å². The molecule has 1 fully saturated rings. The van der Waals surface area contributed by atoms with E-state index in [1.807, 2.05) is 18.2 Å². The molecule has 2 aromatic rings. The van der Waals surface area contributed by atoms with Crippen LogP contribution in [-0.2, 0) is 16.0 Å². The molecule has 2 aromatic carbocycles. The van der Waals surface area contributed by atoms with Gasteiger partial charge in [0, 0.05) is 20.1 Å². The van der Waals surface area contributed by atoms with Crippen LogP contribution in [0.1, 0.15) is 49.5 Å². The number of rotatable bonds is 5. The Morgan fingerprint density at radius 3 is 2.35 bits per heavy atom. The quantitative estimate of drug-likeness (QED) is 0.548. The predicted octanol–water partition coefficient (Wildman–Crippen LogP) is 2.55. The summed E-state index contributed by atoms with van der Waals surface area (Å²) >= 11 is 0. The number of carbonyl (C=O) groups excluding carboxylic acids is 4. The number of ether oxygens (including phenoxy) is 1. The summed E-state index contributed by atoms with van der Waals surface area (Å²) in [6.45, 7) is 0.956. The molecule has 0 spiro atoms. The number of piperidine rings is 1. The number of hydrogen-bond acceptors (Lipinski definition) is 5. The van der Waals surface area contributed by atoms with Gasteiger partial charge in [-0.05, 0) is 48.9 Å². The van der Waals surface area contributed by atoms with Gasteiger partial charge in [-0.3, -0.25) is 19.3 Å². The lowest BCUT2D eigenvalue weighted by Crippen LogP contribution is -2.41. The van der Waals surface area contributed by atoms with Crippen LogP contribution in [0.15, 0.2) is 48.5 Å². The highest BCUT2D eigenvalue weighted by Gasteiger charge is 2.33. The van der Waals surface area contributed by atoms with Gasteiger partial charge in [0.1, 0.15) is 0 Å². The average Bonchev–Trinajstić information content (AvgIpc) is 3.02. The summed E-state index contributed by atoms with van der Waals surface area (Å²) in [5.41, 5.74) is 1.89. The molecule has 0 unspecified atom stereocenters. The number of amides is 3. The van der Waals surface area contributed by atoms with Crippen molar-refractivity contribution in [2.24, 2.45) is 5.92 Å². The number of imide groups is 1. The fourth-order valence-electron chi connectivity index (χ4n) is 4.12. The molecule has 0 aliphatic carbocycles. The highest BCUT2D eigenvalue weighted by Crippen LogP contribution is 2.24. The van der Waals surface area contributed by atoms with E-state index in [1.165, 1.54) is 30.8 Å². The summed E-state index contributed by atoms with van der Waals surface area (Å²) in [4.78, 5) is 51.6. The normalized spacial score (nSPS) is 16.4. The SMILES string of the molecule is CN1C(=O)c2ccc(C(=O)OCC(=O)N3CCC(Cc4ccccc4)CC3)cc2C1=O. The second-order valence-electron chi connectivity index (χ2n) is 8.02. The number of hydrogen-bond donors (Lipinski definition) is 0. The first kappa shape index (κ1) is 20.8. The van der Waals surface area contributed by atoms with E-state index in [9.17, 15) is 19.2 Å². The number of fused-ring (bicyclic) bond motifs is 1. The topological polar surface area (TPSA) is 84.0 Å². The number of likely N-dealkylation sites (tertiary alicyclic amines) is 1. The minimum Gasteiger partial charge on any atom is -0.452 e. The summed E-state index contributed by atoms with van der Waals surface area (Å²) in [7, 11) is 1.39. The van der Waals surface area contributed by atoms with Gasteiger partial charge in [-0.15, -0.1) is 0 Å². The van der Waals surface area contributed by atoms with E-state index in [-0.39, 0.29) is 29.2 Å². The van der Waals surface area contributed by atoms with E-state index in [4.69, 9.17) is 4.74 Å². The Bertz CT molecular complexity index is 1030. The molecule has 7 nitrogen and oxygen atoms in total. The summed E-state index contributed by atoms with van der Waals surface area (Å²) < 4.78 is 5.17. The fraction of sp³-hybridized carbons (Fsp3) is 0.333. The molecular formula is C24H24N2O5. The van der Waals surface area contributed by atoms with Crippen LogP contribution < -0.4 is 0 Å². The van der Waals surface area contributed by atoms with Crippen LogP contribution in [0, 0.1) is 5.92 Å². The fourth-order valence-corrected chi connectivity index (χ4v) is 4.12. The van der Waals surface area contributed by atoms with Crippen LogP contribution in [0.25, 0.3) is 0 Å². The molecule has 160 valence electrons. The molecule has 0 saturated carbocycles. The lowest BCUT2D eigenvalue weighted by atomic mass is 9.90. The number of nitrogens with zero attached hydrogens (tertiary/aromatic N) is 2. The van der Waals surface area contributed by atoms with E-state index in [0.29, 0.717) is 19.0 Å². The van der Waals surface area contributed by atoms with Crippen LogP contribution in [0.3, 0.4) is 0 Å². The van der Waals surface area contributed by atoms with Crippen LogP contribution in [0.2, 0.25) is 0 Å². The monoisotopic (exact) mass is 420 g/mol. The minimum atomic E-state index is -0.690. The summed E-state index contributed by atoms with van der Waals surface area (Å²) in [6.07, 6.45) is 2.85. The van der Waals surface area contributed by atoms with Crippen molar-refractivity contribution in [2.45, 2.75) is 19.3 Å². The van der Waals surface area contributed by atoms with Crippen molar-refractivity contribution < 1.29 is 23.9 Å². The Kier molecular flexibility index (Phi) is 5.84. The van der Waals surface area contributed by atoms with Crippen molar-refractivity contribution in [2.75, 3.05) is 26.7 Å². The highest BCUT2D eigenvalue weighted by atomic mass is 16.5. The maximum absolute atomic E-state index is 12.5. The highest BCUT2D eigenvalue weighted by molar-refractivity contribution is 6.21. The predicted molar refractivity (Wildman–Crippen MR) is 113 cm³/mol. The Morgan fingerprint density at radius 2 is 1.65 bits per heavy atom. The zero-order chi connectivity index (χ0) is 22.0. The number of carbonyl (C=O) groups is 4. The van der Waals surface area contributed by atoms with Gasteiger partial charge in [-0.2, -0.15) is 0 Å². The molecule has 0 aromatic heterocycles. The largest absolute Gasteiger partial charge is 0.452 e. The maximum atomic E-state index is 12.5. The number of esters is 1. The molecule has 0 N–H and O–H groups in total. The lowest BCUT2D eigenvalue weighted by Gasteiger charge is -2.32. The van der Waals surface area contributed by atoms with Gasteiger partial charge in [-0.25, -0.2) is 4.79 Å². The zero-order valence-corrected chi connectivity index (χ0v) is 17.4. The van der Waals surface area contributed by atoms with Gasteiger partial charge in [0.15, 0.2) is 6.61 Å². The smallest absolute Gasteiger partial charge is 0.338 e. The van der Waals surface area contributed by atoms with Crippen LogP contribution in [0.5, 0.6) is 0 Å². The van der Waals surface area contributed by atoms with Crippen molar-refractivity contribution in [3.63, 3.8) is 0 Å². The van der Waals surface area contributed by atoms with Crippen LogP contribution in [-0.4, -0.2) is 60.2 Å². The Hall–Kier alpha value is -3.48. The van der Waals surface area contributed by atoms with Crippen molar-refractivity contribution in [3.8, 4) is 0 Å². The molecule has 3 amide bonds. The summed E-state index contributed by atoms with van der Waals surface area (Å²) in [5.74, 6) is -1.22. The van der Waals surface area contributed by atoms with Crippen LogP contribution in [0.4, 0.5) is 0 Å². The van der Waals surface area contributed by atoms with E-state index in [2.05, 4.69) is 12.1 Å². The van der Waals surface area contributed by atoms with Crippen LogP contribution >= 0.6 is 0 Å². The molecule has 2 heterocycles. The molecule has 0 radical (unpaired) electrons. The van der Waals surface area contributed by atoms with Crippen molar-refractivity contribution in [3.05, 3.63) is 70.8 Å². The maximum Gasteiger partial charge on any atom is 0.338 e. The first-order valence-electron chi connectivity index (χ1n) is 10.4. The molecule has 7 heteroatoms.